The number of hydrogen-bond donors (Lipinski definition) is 1. The molecule has 0 radical (unpaired) electrons. The van der Waals surface area contributed by atoms with Gasteiger partial charge in [-0.25, -0.2) is 4.98 Å². The van der Waals surface area contributed by atoms with Crippen molar-refractivity contribution in [2.75, 3.05) is 18.0 Å². The zero-order chi connectivity index (χ0) is 16.5. The third-order valence-corrected chi connectivity index (χ3v) is 4.88. The number of rotatable bonds is 3. The number of halogens is 2. The number of benzene rings is 2. The van der Waals surface area contributed by atoms with Gasteiger partial charge in [-0.15, -0.1) is 12.4 Å². The van der Waals surface area contributed by atoms with Crippen LogP contribution in [0.3, 0.4) is 0 Å². The Bertz CT molecular complexity index is 844. The zero-order valence-electron chi connectivity index (χ0n) is 13.9. The van der Waals surface area contributed by atoms with E-state index in [9.17, 15) is 0 Å². The van der Waals surface area contributed by atoms with E-state index < -0.39 is 0 Å². The molecule has 6 heteroatoms. The first-order valence-corrected chi connectivity index (χ1v) is 8.79. The van der Waals surface area contributed by atoms with Crippen LogP contribution in [0.2, 0.25) is 5.02 Å². The number of imidazole rings is 1. The van der Waals surface area contributed by atoms with Crippen molar-refractivity contribution in [1.82, 2.24) is 9.55 Å². The van der Waals surface area contributed by atoms with Crippen LogP contribution in [-0.2, 0) is 6.54 Å². The summed E-state index contributed by atoms with van der Waals surface area (Å²) in [5.41, 5.74) is 9.58. The second-order valence-electron chi connectivity index (χ2n) is 6.46. The van der Waals surface area contributed by atoms with Crippen molar-refractivity contribution >= 4 is 41.0 Å². The van der Waals surface area contributed by atoms with Crippen LogP contribution in [0.1, 0.15) is 18.4 Å². The summed E-state index contributed by atoms with van der Waals surface area (Å²) in [5, 5.41) is 0.761. The fourth-order valence-electron chi connectivity index (χ4n) is 3.42. The van der Waals surface area contributed by atoms with E-state index in [1.165, 1.54) is 5.56 Å². The van der Waals surface area contributed by atoms with E-state index in [4.69, 9.17) is 22.3 Å². The van der Waals surface area contributed by atoms with Crippen LogP contribution in [-0.4, -0.2) is 28.7 Å². The predicted octanol–water partition coefficient (Wildman–Crippen LogP) is 4.09. The number of nitrogens with zero attached hydrogens (tertiary/aromatic N) is 3. The second-order valence-corrected chi connectivity index (χ2v) is 6.90. The largest absolute Gasteiger partial charge is 0.341 e. The van der Waals surface area contributed by atoms with E-state index in [1.54, 1.807) is 0 Å². The minimum absolute atomic E-state index is 0. The molecule has 1 aliphatic heterocycles. The van der Waals surface area contributed by atoms with Crippen LogP contribution >= 0.6 is 24.0 Å². The van der Waals surface area contributed by atoms with Crippen molar-refractivity contribution in [3.05, 3.63) is 59.1 Å². The van der Waals surface area contributed by atoms with Gasteiger partial charge in [-0.1, -0.05) is 35.9 Å². The molecule has 0 aliphatic carbocycles. The Morgan fingerprint density at radius 1 is 1.12 bits per heavy atom. The van der Waals surface area contributed by atoms with Gasteiger partial charge < -0.3 is 15.2 Å². The molecule has 0 spiro atoms. The van der Waals surface area contributed by atoms with Crippen molar-refractivity contribution in [2.24, 2.45) is 5.73 Å². The first kappa shape index (κ1) is 18.1. The van der Waals surface area contributed by atoms with Crippen LogP contribution in [0.15, 0.2) is 48.5 Å². The molecule has 1 saturated heterocycles. The van der Waals surface area contributed by atoms with Gasteiger partial charge in [-0.2, -0.15) is 0 Å². The molecule has 1 aromatic heterocycles. The number of anilines is 1. The van der Waals surface area contributed by atoms with Gasteiger partial charge in [0.15, 0.2) is 0 Å². The summed E-state index contributed by atoms with van der Waals surface area (Å²) in [6, 6.07) is 16.5. The summed E-state index contributed by atoms with van der Waals surface area (Å²) >= 11 is 6.02. The molecule has 2 N–H and O–H groups in total. The summed E-state index contributed by atoms with van der Waals surface area (Å²) in [6.45, 7) is 2.65. The van der Waals surface area contributed by atoms with E-state index >= 15 is 0 Å². The van der Waals surface area contributed by atoms with Gasteiger partial charge in [0.05, 0.1) is 17.6 Å². The average Bonchev–Trinajstić information content (AvgIpc) is 2.96. The average molecular weight is 377 g/mol. The van der Waals surface area contributed by atoms with E-state index in [0.717, 1.165) is 54.5 Å². The van der Waals surface area contributed by atoms with Crippen LogP contribution < -0.4 is 10.6 Å². The summed E-state index contributed by atoms with van der Waals surface area (Å²) in [6.07, 6.45) is 2.21. The highest BCUT2D eigenvalue weighted by atomic mass is 35.5. The molecule has 0 unspecified atom stereocenters. The van der Waals surface area contributed by atoms with Crippen LogP contribution in [0.5, 0.6) is 0 Å². The van der Waals surface area contributed by atoms with Crippen molar-refractivity contribution in [3.8, 4) is 0 Å². The minimum Gasteiger partial charge on any atom is -0.341 e. The van der Waals surface area contributed by atoms with Gasteiger partial charge in [0.1, 0.15) is 0 Å². The molecule has 0 amide bonds. The molecular formula is C19H22Cl2N4. The van der Waals surface area contributed by atoms with Crippen LogP contribution in [0.4, 0.5) is 5.95 Å². The van der Waals surface area contributed by atoms with E-state index in [-0.39, 0.29) is 18.4 Å². The van der Waals surface area contributed by atoms with Gasteiger partial charge in [0.2, 0.25) is 5.95 Å². The molecule has 1 aliphatic rings. The lowest BCUT2D eigenvalue weighted by atomic mass is 10.1. The fraction of sp³-hybridized carbons (Fsp3) is 0.316. The maximum atomic E-state index is 6.18. The third-order valence-electron chi connectivity index (χ3n) is 4.63. The molecule has 3 aromatic rings. The second kappa shape index (κ2) is 7.65. The minimum atomic E-state index is 0. The molecule has 132 valence electrons. The Morgan fingerprint density at radius 2 is 1.88 bits per heavy atom. The highest BCUT2D eigenvalue weighted by Gasteiger charge is 2.22. The predicted molar refractivity (Wildman–Crippen MR) is 107 cm³/mol. The fourth-order valence-corrected chi connectivity index (χ4v) is 3.55. The van der Waals surface area contributed by atoms with Crippen molar-refractivity contribution < 1.29 is 0 Å². The normalized spacial score (nSPS) is 17.5. The molecule has 1 fully saturated rings. The Balaban J connectivity index is 0.00000182. The van der Waals surface area contributed by atoms with Crippen LogP contribution in [0, 0.1) is 0 Å². The van der Waals surface area contributed by atoms with Gasteiger partial charge in [0.25, 0.3) is 0 Å². The highest BCUT2D eigenvalue weighted by Crippen LogP contribution is 2.26. The lowest BCUT2D eigenvalue weighted by Gasteiger charge is -2.32. The van der Waals surface area contributed by atoms with E-state index in [1.807, 2.05) is 18.2 Å². The van der Waals surface area contributed by atoms with Gasteiger partial charge in [-0.05, 0) is 42.7 Å². The summed E-state index contributed by atoms with van der Waals surface area (Å²) in [4.78, 5) is 7.22. The van der Waals surface area contributed by atoms with E-state index in [2.05, 4.69) is 39.8 Å². The Hall–Kier alpha value is -1.75. The molecule has 25 heavy (non-hydrogen) atoms. The lowest BCUT2D eigenvalue weighted by molar-refractivity contribution is 0.495. The zero-order valence-corrected chi connectivity index (χ0v) is 15.5. The number of fused-ring (bicyclic) bond motifs is 1. The van der Waals surface area contributed by atoms with Gasteiger partial charge in [0, 0.05) is 24.2 Å². The topological polar surface area (TPSA) is 47.1 Å². The van der Waals surface area contributed by atoms with E-state index in [0.29, 0.717) is 0 Å². The molecule has 2 heterocycles. The Labute approximate surface area is 159 Å². The maximum absolute atomic E-state index is 6.18. The third kappa shape index (κ3) is 3.76. The van der Waals surface area contributed by atoms with Crippen molar-refractivity contribution in [2.45, 2.75) is 25.4 Å². The smallest absolute Gasteiger partial charge is 0.206 e. The lowest BCUT2D eigenvalue weighted by Crippen LogP contribution is -2.44. The Kier molecular flexibility index (Phi) is 5.52. The van der Waals surface area contributed by atoms with Crippen LogP contribution in [0.25, 0.3) is 11.0 Å². The molecule has 0 bridgehead atoms. The monoisotopic (exact) mass is 376 g/mol. The SMILES string of the molecule is Cl.N[C@H]1CCCN(c2nc3ccccc3n2Cc2ccc(Cl)cc2)C1. The van der Waals surface area contributed by atoms with Gasteiger partial charge in [-0.3, -0.25) is 0 Å². The number of piperidine rings is 1. The number of nitrogens with two attached hydrogens (primary N) is 1. The van der Waals surface area contributed by atoms with Crippen molar-refractivity contribution in [1.29, 1.82) is 0 Å². The first-order chi connectivity index (χ1) is 11.7. The number of aromatic nitrogens is 2. The molecule has 4 rings (SSSR count). The highest BCUT2D eigenvalue weighted by molar-refractivity contribution is 6.30. The molecular weight excluding hydrogens is 355 g/mol. The molecule has 2 aromatic carbocycles. The van der Waals surface area contributed by atoms with Gasteiger partial charge >= 0.3 is 0 Å². The number of para-hydroxylation sites is 2. The molecule has 1 atom stereocenters. The number of hydrogen-bond acceptors (Lipinski definition) is 3. The summed E-state index contributed by atoms with van der Waals surface area (Å²) in [5.74, 6) is 1.02. The quantitative estimate of drug-likeness (QED) is 0.748. The first-order valence-electron chi connectivity index (χ1n) is 8.41. The summed E-state index contributed by atoms with van der Waals surface area (Å²) < 4.78 is 2.29. The maximum Gasteiger partial charge on any atom is 0.206 e. The van der Waals surface area contributed by atoms with Crippen molar-refractivity contribution in [3.63, 3.8) is 0 Å². The molecule has 0 saturated carbocycles. The molecule has 4 nitrogen and oxygen atoms in total. The Morgan fingerprint density at radius 3 is 2.64 bits per heavy atom. The summed E-state index contributed by atoms with van der Waals surface area (Å²) in [7, 11) is 0. The standard InChI is InChI=1S/C19H21ClN4.ClH/c20-15-9-7-14(8-10-15)12-24-18-6-2-1-5-17(18)22-19(24)23-11-3-4-16(21)13-23;/h1-2,5-10,16H,3-4,11-13,21H2;1H/t16-;/m0./s1.